The van der Waals surface area contributed by atoms with E-state index in [9.17, 15) is 9.59 Å². The van der Waals surface area contributed by atoms with Crippen molar-refractivity contribution in [1.82, 2.24) is 24.6 Å². The molecule has 4 bridgehead atoms. The lowest BCUT2D eigenvalue weighted by Crippen LogP contribution is -2.63. The third kappa shape index (κ3) is 7.08. The number of likely N-dealkylation sites (N-methyl/N-ethyl adjacent to an activating group) is 1. The Balaban J connectivity index is 1.29. The first-order chi connectivity index (χ1) is 26.7. The molecule has 0 radical (unpaired) electrons. The number of ether oxygens (including phenoxy) is 2. The number of benzene rings is 2. The molecule has 2 aromatic heterocycles. The van der Waals surface area contributed by atoms with Crippen LogP contribution in [0.5, 0.6) is 5.88 Å². The van der Waals surface area contributed by atoms with Gasteiger partial charge in [-0.05, 0) is 46.4 Å². The maximum atomic E-state index is 14.1. The lowest BCUT2D eigenvalue weighted by Gasteiger charge is -2.48. The SMILES string of the molecule is CC(=O)Nc1nc(OC(=O)N(c2ccccc2)c2ccccc2)c2ncn([C@@H]3O[C@@H]4C5O[Si](C(C)C)(C(C)C)O[Si](C(C)C)(C(C)C)OCC4N(C)O[C@@H]53)c2n1. The van der Waals surface area contributed by atoms with E-state index >= 15 is 0 Å². The van der Waals surface area contributed by atoms with Gasteiger partial charge < -0.3 is 22.4 Å². The van der Waals surface area contributed by atoms with Gasteiger partial charge in [0.25, 0.3) is 5.88 Å². The number of nitrogens with zero attached hydrogens (tertiary/aromatic N) is 6. The number of hydroxylamine groups is 2. The summed E-state index contributed by atoms with van der Waals surface area (Å²) < 4.78 is 36.8. The summed E-state index contributed by atoms with van der Waals surface area (Å²) >= 11 is 0. The van der Waals surface area contributed by atoms with E-state index in [-0.39, 0.29) is 51.2 Å². The number of imidazole rings is 1. The molecule has 2 unspecified atom stereocenters. The highest BCUT2D eigenvalue weighted by atomic mass is 28.5. The predicted octanol–water partition coefficient (Wildman–Crippen LogP) is 7.59. The third-order valence-electron chi connectivity index (χ3n) is 11.0. The number of rotatable bonds is 9. The second-order valence-electron chi connectivity index (χ2n) is 16.0. The molecule has 4 aromatic rings. The second kappa shape index (κ2) is 15.7. The van der Waals surface area contributed by atoms with Crippen molar-refractivity contribution in [3.63, 3.8) is 0 Å². The number of anilines is 3. The number of fused-ring (bicyclic) bond motifs is 1. The Labute approximate surface area is 330 Å². The van der Waals surface area contributed by atoms with Crippen molar-refractivity contribution in [1.29, 1.82) is 0 Å². The molecule has 17 heteroatoms. The number of hydrogen-bond acceptors (Lipinski definition) is 12. The van der Waals surface area contributed by atoms with Crippen molar-refractivity contribution < 1.29 is 36.9 Å². The summed E-state index contributed by atoms with van der Waals surface area (Å²) in [6, 6.07) is 18.0. The predicted molar refractivity (Wildman–Crippen MR) is 215 cm³/mol. The monoisotopic (exact) mass is 803 g/mol. The molecule has 1 N–H and O–H groups in total. The molecular weight excluding hydrogens is 751 g/mol. The molecule has 0 spiro atoms. The molecule has 0 aliphatic carbocycles. The van der Waals surface area contributed by atoms with E-state index in [2.05, 4.69) is 70.7 Å². The fraction of sp³-hybridized carbons (Fsp3) is 0.513. The molecule has 7 rings (SSSR count). The van der Waals surface area contributed by atoms with Crippen molar-refractivity contribution in [3.05, 3.63) is 67.0 Å². The molecule has 3 saturated heterocycles. The number of para-hydroxylation sites is 2. The Morgan fingerprint density at radius 3 is 1.98 bits per heavy atom. The highest BCUT2D eigenvalue weighted by Gasteiger charge is 2.64. The molecule has 3 aliphatic heterocycles. The number of aromatic nitrogens is 4. The summed E-state index contributed by atoms with van der Waals surface area (Å²) in [5, 5.41) is 4.47. The Kier molecular flexibility index (Phi) is 11.2. The molecule has 2 amide bonds. The van der Waals surface area contributed by atoms with E-state index in [1.54, 1.807) is 35.2 Å². The van der Waals surface area contributed by atoms with E-state index in [0.717, 1.165) is 0 Å². The summed E-state index contributed by atoms with van der Waals surface area (Å²) in [6.07, 6.45) is -1.57. The fourth-order valence-electron chi connectivity index (χ4n) is 8.27. The van der Waals surface area contributed by atoms with Gasteiger partial charge in [0.1, 0.15) is 12.2 Å². The number of carbonyl (C=O) groups is 2. The van der Waals surface area contributed by atoms with Gasteiger partial charge in [-0.1, -0.05) is 91.8 Å². The molecule has 5 heterocycles. The van der Waals surface area contributed by atoms with E-state index in [1.807, 2.05) is 48.5 Å². The average Bonchev–Trinajstić information content (AvgIpc) is 3.68. The van der Waals surface area contributed by atoms with E-state index < -0.39 is 53.7 Å². The minimum atomic E-state index is -3.05. The molecule has 3 aliphatic rings. The van der Waals surface area contributed by atoms with E-state index in [1.165, 1.54) is 11.8 Å². The van der Waals surface area contributed by atoms with Crippen LogP contribution >= 0.6 is 0 Å². The third-order valence-corrected chi connectivity index (χ3v) is 21.3. The summed E-state index contributed by atoms with van der Waals surface area (Å²) in [5.74, 6) is -0.622. The van der Waals surface area contributed by atoms with Crippen molar-refractivity contribution in [2.45, 2.75) is 115 Å². The Bertz CT molecular complexity index is 1980. The van der Waals surface area contributed by atoms with Gasteiger partial charge in [-0.2, -0.15) is 15.0 Å². The second-order valence-corrected chi connectivity index (χ2v) is 24.8. The molecule has 56 heavy (non-hydrogen) atoms. The van der Waals surface area contributed by atoms with Crippen molar-refractivity contribution in [2.75, 3.05) is 23.9 Å². The van der Waals surface area contributed by atoms with Gasteiger partial charge >= 0.3 is 23.2 Å². The number of hydrogen-bond donors (Lipinski definition) is 1. The van der Waals surface area contributed by atoms with Gasteiger partial charge in [0.05, 0.1) is 30.4 Å². The van der Waals surface area contributed by atoms with Crippen LogP contribution in [0.15, 0.2) is 67.0 Å². The molecule has 2 aromatic carbocycles. The zero-order valence-corrected chi connectivity index (χ0v) is 35.7. The topological polar surface area (TPSA) is 152 Å². The lowest BCUT2D eigenvalue weighted by molar-refractivity contribution is -0.261. The number of nitrogens with one attached hydrogen (secondary N) is 1. The summed E-state index contributed by atoms with van der Waals surface area (Å²) in [5.41, 5.74) is 2.16. The molecule has 0 saturated carbocycles. The van der Waals surface area contributed by atoms with Crippen LogP contribution in [0.4, 0.5) is 22.1 Å². The van der Waals surface area contributed by atoms with Crippen LogP contribution in [0, 0.1) is 0 Å². The van der Waals surface area contributed by atoms with Crippen LogP contribution in [-0.4, -0.2) is 91.7 Å². The van der Waals surface area contributed by atoms with Gasteiger partial charge in [-0.25, -0.2) is 14.7 Å². The van der Waals surface area contributed by atoms with Crippen LogP contribution in [0.25, 0.3) is 11.2 Å². The van der Waals surface area contributed by atoms with Crippen LogP contribution in [0.2, 0.25) is 22.2 Å². The Hall–Kier alpha value is -4.08. The van der Waals surface area contributed by atoms with Gasteiger partial charge in [-0.15, -0.1) is 0 Å². The van der Waals surface area contributed by atoms with Crippen LogP contribution in [0.3, 0.4) is 0 Å². The summed E-state index contributed by atoms with van der Waals surface area (Å²) in [7, 11) is -4.00. The zero-order valence-electron chi connectivity index (χ0n) is 33.7. The van der Waals surface area contributed by atoms with Crippen molar-refractivity contribution in [2.24, 2.45) is 0 Å². The van der Waals surface area contributed by atoms with E-state index in [4.69, 9.17) is 32.3 Å². The fourth-order valence-corrected chi connectivity index (χ4v) is 19.5. The van der Waals surface area contributed by atoms with Gasteiger partial charge in [0, 0.05) is 14.0 Å². The van der Waals surface area contributed by atoms with Crippen LogP contribution < -0.4 is 15.0 Å². The van der Waals surface area contributed by atoms with Gasteiger partial charge in [-0.3, -0.25) is 19.5 Å². The highest BCUT2D eigenvalue weighted by Crippen LogP contribution is 2.50. The van der Waals surface area contributed by atoms with E-state index in [0.29, 0.717) is 18.0 Å². The smallest absolute Gasteiger partial charge is 0.414 e. The standard InChI is InChI=1S/C39H53N7O8Si2/c1-23(2)55(24(3)4)49-21-30-32-33(53-56(54-55,25(5)6)26(7)8)34(52-44(30)10)37(50-32)45-22-40-31-35(45)42-38(41-27(9)47)43-36(31)51-39(48)46(28-17-13-11-14-18-28)29-19-15-12-16-20-29/h11-20,22-26,30,32-34,37H,21H2,1-10H3,(H,41,42,43,47)/t30?,32-,33?,34-,37+/m0/s1. The molecule has 3 fully saturated rings. The van der Waals surface area contributed by atoms with Crippen molar-refractivity contribution >= 4 is 57.6 Å². The first kappa shape index (κ1) is 40.1. The molecular formula is C39H53N7O8Si2. The van der Waals surface area contributed by atoms with Gasteiger partial charge in [0.2, 0.25) is 11.9 Å². The lowest BCUT2D eigenvalue weighted by atomic mass is 10.0. The van der Waals surface area contributed by atoms with Gasteiger partial charge in [0.15, 0.2) is 23.5 Å². The summed E-state index contributed by atoms with van der Waals surface area (Å²) in [4.78, 5) is 48.4. The maximum Gasteiger partial charge on any atom is 0.425 e. The number of amides is 2. The largest absolute Gasteiger partial charge is 0.425 e. The maximum absolute atomic E-state index is 14.1. The highest BCUT2D eigenvalue weighted by molar-refractivity contribution is 6.83. The normalized spacial score (nSPS) is 24.6. The molecule has 15 nitrogen and oxygen atoms in total. The first-order valence-corrected chi connectivity index (χ1v) is 23.3. The minimum absolute atomic E-state index is 0.0730. The number of carbonyl (C=O) groups excluding carboxylic acids is 2. The first-order valence-electron chi connectivity index (χ1n) is 19.4. The van der Waals surface area contributed by atoms with Crippen molar-refractivity contribution in [3.8, 4) is 5.88 Å². The van der Waals surface area contributed by atoms with Crippen LogP contribution in [0.1, 0.15) is 68.5 Å². The Morgan fingerprint density at radius 2 is 1.43 bits per heavy atom. The molecule has 300 valence electrons. The van der Waals surface area contributed by atoms with Crippen LogP contribution in [-0.2, 0) is 27.3 Å². The average molecular weight is 804 g/mol. The molecule has 5 atom stereocenters. The Morgan fingerprint density at radius 1 is 0.839 bits per heavy atom. The zero-order chi connectivity index (χ0) is 40.1. The summed E-state index contributed by atoms with van der Waals surface area (Å²) in [6.45, 7) is 19.2. The quantitative estimate of drug-likeness (QED) is 0.166. The minimum Gasteiger partial charge on any atom is -0.414 e.